The molecule has 1 aromatic rings. The fourth-order valence-corrected chi connectivity index (χ4v) is 1.64. The molecule has 0 aliphatic rings. The molecule has 0 spiro atoms. The fourth-order valence-electron chi connectivity index (χ4n) is 0.406. The number of thiophene rings is 1. The maximum atomic E-state index is 9.68. The van der Waals surface area contributed by atoms with Crippen LogP contribution in [0.15, 0.2) is 20.9 Å². The topological polar surface area (TPSA) is 29.4 Å². The summed E-state index contributed by atoms with van der Waals surface area (Å²) in [5.74, 6) is 0. The van der Waals surface area contributed by atoms with Crippen molar-refractivity contribution in [1.29, 1.82) is 0 Å². The molecule has 0 bridgehead atoms. The molecule has 0 aromatic carbocycles. The number of rotatable bonds is 1. The Hall–Kier alpha value is -0.440. The second kappa shape index (κ2) is 2.92. The van der Waals surface area contributed by atoms with Crippen LogP contribution in [0, 0.1) is 0 Å². The largest absolute Gasteiger partial charge is 0.241 e. The molecule has 0 radical (unpaired) electrons. The van der Waals surface area contributed by atoms with Crippen molar-refractivity contribution < 1.29 is 4.79 Å². The first-order valence-corrected chi connectivity index (χ1v) is 3.82. The number of nitrogens with zero attached hydrogens (tertiary/aromatic N) is 1. The van der Waals surface area contributed by atoms with Gasteiger partial charge in [-0.3, -0.25) is 0 Å². The molecule has 1 heterocycles. The Labute approximate surface area is 64.4 Å². The Kier molecular flexibility index (Phi) is 2.16. The predicted octanol–water partition coefficient (Wildman–Crippen LogP) is 2.48. The number of hydrogen-bond acceptors (Lipinski definition) is 3. The minimum atomic E-state index is 0.678. The van der Waals surface area contributed by atoms with Crippen molar-refractivity contribution >= 4 is 38.3 Å². The first-order valence-electron chi connectivity index (χ1n) is 2.15. The summed E-state index contributed by atoms with van der Waals surface area (Å²) in [6.07, 6.45) is 1.46. The van der Waals surface area contributed by atoms with Crippen molar-refractivity contribution in [3.63, 3.8) is 0 Å². The Morgan fingerprint density at radius 3 is 3.00 bits per heavy atom. The van der Waals surface area contributed by atoms with Gasteiger partial charge in [0, 0.05) is 9.85 Å². The van der Waals surface area contributed by atoms with Crippen LogP contribution in [0.1, 0.15) is 0 Å². The Morgan fingerprint density at radius 2 is 2.56 bits per heavy atom. The van der Waals surface area contributed by atoms with Gasteiger partial charge >= 0.3 is 0 Å². The molecule has 0 atom stereocenters. The normalized spacial score (nSPS) is 8.56. The molecule has 0 saturated heterocycles. The first-order chi connectivity index (χ1) is 4.33. The van der Waals surface area contributed by atoms with Crippen LogP contribution >= 0.6 is 27.3 Å². The van der Waals surface area contributed by atoms with Crippen LogP contribution in [0.2, 0.25) is 0 Å². The molecule has 2 nitrogen and oxygen atoms in total. The molecule has 46 valence electrons. The van der Waals surface area contributed by atoms with E-state index in [0.29, 0.717) is 5.00 Å². The van der Waals surface area contributed by atoms with E-state index in [9.17, 15) is 4.79 Å². The molecule has 0 aliphatic heterocycles. The van der Waals surface area contributed by atoms with E-state index < -0.39 is 0 Å². The second-order valence-electron chi connectivity index (χ2n) is 1.31. The van der Waals surface area contributed by atoms with Gasteiger partial charge in [-0.2, -0.15) is 4.99 Å². The molecule has 9 heavy (non-hydrogen) atoms. The van der Waals surface area contributed by atoms with Gasteiger partial charge in [-0.25, -0.2) is 4.79 Å². The average molecular weight is 204 g/mol. The highest BCUT2D eigenvalue weighted by Crippen LogP contribution is 2.26. The van der Waals surface area contributed by atoms with Gasteiger partial charge in [0.05, 0.1) is 0 Å². The van der Waals surface area contributed by atoms with Crippen LogP contribution in [-0.2, 0) is 4.79 Å². The lowest BCUT2D eigenvalue weighted by Gasteiger charge is -1.70. The van der Waals surface area contributed by atoms with Gasteiger partial charge in [0.2, 0.25) is 6.08 Å². The van der Waals surface area contributed by atoms with Crippen molar-refractivity contribution in [2.24, 2.45) is 4.99 Å². The SMILES string of the molecule is O=C=Nc1cc(Br)cs1. The lowest BCUT2D eigenvalue weighted by Crippen LogP contribution is -1.46. The highest BCUT2D eigenvalue weighted by atomic mass is 79.9. The molecule has 4 heteroatoms. The van der Waals surface area contributed by atoms with E-state index in [-0.39, 0.29) is 0 Å². The number of carbonyl (C=O) groups excluding carboxylic acids is 1. The second-order valence-corrected chi connectivity index (χ2v) is 3.11. The molecule has 1 aromatic heterocycles. The molecule has 0 amide bonds. The van der Waals surface area contributed by atoms with E-state index in [1.54, 1.807) is 6.07 Å². The number of hydrogen-bond donors (Lipinski definition) is 0. The Bertz CT molecular complexity index is 251. The van der Waals surface area contributed by atoms with Gasteiger partial charge < -0.3 is 0 Å². The summed E-state index contributed by atoms with van der Waals surface area (Å²) in [5.41, 5.74) is 0. The van der Waals surface area contributed by atoms with Crippen LogP contribution in [0.5, 0.6) is 0 Å². The summed E-state index contributed by atoms with van der Waals surface area (Å²) in [7, 11) is 0. The van der Waals surface area contributed by atoms with Gasteiger partial charge in [-0.15, -0.1) is 11.3 Å². The van der Waals surface area contributed by atoms with Gasteiger partial charge in [0.1, 0.15) is 5.00 Å². The molecule has 0 saturated carbocycles. The summed E-state index contributed by atoms with van der Waals surface area (Å²) in [5, 5.41) is 2.53. The standard InChI is InChI=1S/C5H2BrNOS/c6-4-1-5(7-3-8)9-2-4/h1-2H. The fraction of sp³-hybridized carbons (Fsp3) is 0. The lowest BCUT2D eigenvalue weighted by molar-refractivity contribution is 0.565. The van der Waals surface area contributed by atoms with Crippen molar-refractivity contribution in [3.05, 3.63) is 15.9 Å². The zero-order valence-electron chi connectivity index (χ0n) is 4.30. The lowest BCUT2D eigenvalue weighted by atomic mass is 10.6. The van der Waals surface area contributed by atoms with E-state index in [0.717, 1.165) is 4.47 Å². The van der Waals surface area contributed by atoms with Crippen molar-refractivity contribution in [3.8, 4) is 0 Å². The first kappa shape index (κ1) is 6.68. The van der Waals surface area contributed by atoms with Crippen molar-refractivity contribution in [2.75, 3.05) is 0 Å². The summed E-state index contributed by atoms with van der Waals surface area (Å²) in [6.45, 7) is 0. The molecule has 1 rings (SSSR count). The molecule has 0 aliphatic carbocycles. The number of halogens is 1. The molecular weight excluding hydrogens is 202 g/mol. The maximum Gasteiger partial charge on any atom is 0.241 e. The van der Waals surface area contributed by atoms with Crippen LogP contribution in [-0.4, -0.2) is 6.08 Å². The van der Waals surface area contributed by atoms with Gasteiger partial charge in [-0.05, 0) is 22.0 Å². The molecular formula is C5H2BrNOS. The molecule has 0 fully saturated rings. The Balaban J connectivity index is 2.97. The van der Waals surface area contributed by atoms with Gasteiger partial charge in [-0.1, -0.05) is 0 Å². The van der Waals surface area contributed by atoms with E-state index in [4.69, 9.17) is 0 Å². The van der Waals surface area contributed by atoms with E-state index in [1.165, 1.54) is 17.4 Å². The minimum absolute atomic E-state index is 0.678. The number of isocyanates is 1. The van der Waals surface area contributed by atoms with Crippen molar-refractivity contribution in [2.45, 2.75) is 0 Å². The van der Waals surface area contributed by atoms with Crippen LogP contribution in [0.25, 0.3) is 0 Å². The third kappa shape index (κ3) is 1.75. The molecule has 0 unspecified atom stereocenters. The van der Waals surface area contributed by atoms with Gasteiger partial charge in [0.15, 0.2) is 0 Å². The third-order valence-electron chi connectivity index (χ3n) is 0.709. The summed E-state index contributed by atoms with van der Waals surface area (Å²) in [6, 6.07) is 1.76. The zero-order chi connectivity index (χ0) is 6.69. The smallest absolute Gasteiger partial charge is 0.211 e. The number of aliphatic imine (C=N–C) groups is 1. The Morgan fingerprint density at radius 1 is 1.78 bits per heavy atom. The van der Waals surface area contributed by atoms with E-state index in [1.807, 2.05) is 5.38 Å². The zero-order valence-corrected chi connectivity index (χ0v) is 6.70. The average Bonchev–Trinajstić information content (AvgIpc) is 2.17. The highest BCUT2D eigenvalue weighted by molar-refractivity contribution is 9.10. The maximum absolute atomic E-state index is 9.68. The van der Waals surface area contributed by atoms with E-state index >= 15 is 0 Å². The monoisotopic (exact) mass is 203 g/mol. The van der Waals surface area contributed by atoms with Crippen LogP contribution in [0.3, 0.4) is 0 Å². The predicted molar refractivity (Wildman–Crippen MR) is 39.8 cm³/mol. The van der Waals surface area contributed by atoms with Gasteiger partial charge in [0.25, 0.3) is 0 Å². The van der Waals surface area contributed by atoms with Crippen molar-refractivity contribution in [1.82, 2.24) is 0 Å². The minimum Gasteiger partial charge on any atom is -0.211 e. The molecule has 0 N–H and O–H groups in total. The quantitative estimate of drug-likeness (QED) is 0.510. The van der Waals surface area contributed by atoms with Crippen LogP contribution in [0.4, 0.5) is 5.00 Å². The summed E-state index contributed by atoms with van der Waals surface area (Å²) < 4.78 is 0.946. The van der Waals surface area contributed by atoms with E-state index in [2.05, 4.69) is 20.9 Å². The van der Waals surface area contributed by atoms with Crippen LogP contribution < -0.4 is 0 Å². The highest BCUT2D eigenvalue weighted by Gasteiger charge is 1.91. The summed E-state index contributed by atoms with van der Waals surface area (Å²) >= 11 is 4.62. The third-order valence-corrected chi connectivity index (χ3v) is 2.29. The summed E-state index contributed by atoms with van der Waals surface area (Å²) in [4.78, 5) is 13.1.